The van der Waals surface area contributed by atoms with Gasteiger partial charge in [-0.2, -0.15) is 5.10 Å². The van der Waals surface area contributed by atoms with E-state index in [1.54, 1.807) is 6.08 Å². The maximum atomic E-state index is 12.4. The second-order valence-corrected chi connectivity index (χ2v) is 8.35. The SMILES string of the molecule is Cc1cccc(C)c1NC(=O)CNC(=O)/C=C/c1cn(Cc2ccccc2)nc1-c1ccccc1. The smallest absolute Gasteiger partial charge is 0.244 e. The average molecular weight is 465 g/mol. The summed E-state index contributed by atoms with van der Waals surface area (Å²) < 4.78 is 1.87. The first-order valence-corrected chi connectivity index (χ1v) is 11.5. The van der Waals surface area contributed by atoms with E-state index in [0.717, 1.165) is 39.2 Å². The van der Waals surface area contributed by atoms with Crippen LogP contribution in [0.25, 0.3) is 17.3 Å². The molecule has 4 aromatic rings. The average Bonchev–Trinajstić information content (AvgIpc) is 3.27. The normalized spacial score (nSPS) is 10.9. The minimum Gasteiger partial charge on any atom is -0.343 e. The van der Waals surface area contributed by atoms with Crippen molar-refractivity contribution in [3.63, 3.8) is 0 Å². The summed E-state index contributed by atoms with van der Waals surface area (Å²) in [6.07, 6.45) is 5.09. The van der Waals surface area contributed by atoms with Crippen molar-refractivity contribution in [2.45, 2.75) is 20.4 Å². The maximum absolute atomic E-state index is 12.4. The first kappa shape index (κ1) is 23.7. The van der Waals surface area contributed by atoms with Crippen molar-refractivity contribution >= 4 is 23.6 Å². The zero-order valence-electron chi connectivity index (χ0n) is 19.9. The van der Waals surface area contributed by atoms with Crippen LogP contribution in [0.1, 0.15) is 22.3 Å². The van der Waals surface area contributed by atoms with Gasteiger partial charge in [0.05, 0.1) is 18.8 Å². The Hall–Kier alpha value is -4.45. The molecule has 0 aliphatic heterocycles. The second kappa shape index (κ2) is 11.1. The number of aromatic nitrogens is 2. The van der Waals surface area contributed by atoms with Crippen LogP contribution in [0, 0.1) is 13.8 Å². The third-order valence-electron chi connectivity index (χ3n) is 5.61. The fourth-order valence-corrected chi connectivity index (χ4v) is 3.82. The summed E-state index contributed by atoms with van der Waals surface area (Å²) in [6.45, 7) is 4.38. The van der Waals surface area contributed by atoms with Gasteiger partial charge >= 0.3 is 0 Å². The molecule has 0 aliphatic carbocycles. The first-order chi connectivity index (χ1) is 17.0. The number of nitrogens with zero attached hydrogens (tertiary/aromatic N) is 2. The zero-order valence-corrected chi connectivity index (χ0v) is 19.9. The van der Waals surface area contributed by atoms with E-state index in [1.165, 1.54) is 6.08 Å². The van der Waals surface area contributed by atoms with Crippen LogP contribution in [0.2, 0.25) is 0 Å². The number of carbonyl (C=O) groups excluding carboxylic acids is 2. The van der Waals surface area contributed by atoms with E-state index in [4.69, 9.17) is 5.10 Å². The lowest BCUT2D eigenvalue weighted by Crippen LogP contribution is -2.32. The van der Waals surface area contributed by atoms with Crippen molar-refractivity contribution in [2.75, 3.05) is 11.9 Å². The summed E-state index contributed by atoms with van der Waals surface area (Å²) in [5.74, 6) is -0.624. The van der Waals surface area contributed by atoms with E-state index >= 15 is 0 Å². The molecule has 1 heterocycles. The molecule has 2 amide bonds. The predicted molar refractivity (Wildman–Crippen MR) is 140 cm³/mol. The fraction of sp³-hybridized carbons (Fsp3) is 0.138. The van der Waals surface area contributed by atoms with Gasteiger partial charge < -0.3 is 10.6 Å². The lowest BCUT2D eigenvalue weighted by atomic mass is 10.1. The second-order valence-electron chi connectivity index (χ2n) is 8.35. The quantitative estimate of drug-likeness (QED) is 0.361. The molecule has 0 bridgehead atoms. The van der Waals surface area contributed by atoms with Crippen molar-refractivity contribution in [3.05, 3.63) is 113 Å². The van der Waals surface area contributed by atoms with Crippen molar-refractivity contribution in [1.82, 2.24) is 15.1 Å². The molecule has 0 radical (unpaired) electrons. The third-order valence-corrected chi connectivity index (χ3v) is 5.61. The third kappa shape index (κ3) is 6.32. The van der Waals surface area contributed by atoms with E-state index in [1.807, 2.05) is 91.5 Å². The van der Waals surface area contributed by atoms with Gasteiger partial charge in [-0.1, -0.05) is 78.9 Å². The van der Waals surface area contributed by atoms with Crippen molar-refractivity contribution in [3.8, 4) is 11.3 Å². The van der Waals surface area contributed by atoms with Gasteiger partial charge in [-0.3, -0.25) is 14.3 Å². The topological polar surface area (TPSA) is 76.0 Å². The van der Waals surface area contributed by atoms with Gasteiger partial charge in [-0.25, -0.2) is 0 Å². The fourth-order valence-electron chi connectivity index (χ4n) is 3.82. The highest BCUT2D eigenvalue weighted by molar-refractivity contribution is 5.99. The van der Waals surface area contributed by atoms with Crippen LogP contribution in [-0.4, -0.2) is 28.1 Å². The Morgan fingerprint density at radius 3 is 2.23 bits per heavy atom. The summed E-state index contributed by atoms with van der Waals surface area (Å²) in [6, 6.07) is 25.8. The van der Waals surface area contributed by atoms with Crippen LogP contribution in [0.5, 0.6) is 0 Å². The monoisotopic (exact) mass is 464 g/mol. The molecule has 0 saturated heterocycles. The van der Waals surface area contributed by atoms with Crippen LogP contribution in [0.4, 0.5) is 5.69 Å². The summed E-state index contributed by atoms with van der Waals surface area (Å²) in [5, 5.41) is 10.3. The van der Waals surface area contributed by atoms with Crippen LogP contribution >= 0.6 is 0 Å². The molecule has 176 valence electrons. The molecular formula is C29H28N4O2. The molecule has 6 heteroatoms. The molecule has 35 heavy (non-hydrogen) atoms. The molecule has 0 unspecified atom stereocenters. The van der Waals surface area contributed by atoms with Crippen molar-refractivity contribution in [1.29, 1.82) is 0 Å². The Morgan fingerprint density at radius 1 is 0.886 bits per heavy atom. The summed E-state index contributed by atoms with van der Waals surface area (Å²) in [4.78, 5) is 24.8. The lowest BCUT2D eigenvalue weighted by Gasteiger charge is -2.11. The molecule has 0 aliphatic rings. The highest BCUT2D eigenvalue weighted by atomic mass is 16.2. The molecule has 0 spiro atoms. The van der Waals surface area contributed by atoms with Crippen molar-refractivity contribution < 1.29 is 9.59 Å². The van der Waals surface area contributed by atoms with Crippen LogP contribution < -0.4 is 10.6 Å². The summed E-state index contributed by atoms with van der Waals surface area (Å²) in [7, 11) is 0. The van der Waals surface area contributed by atoms with E-state index in [0.29, 0.717) is 6.54 Å². The van der Waals surface area contributed by atoms with E-state index in [9.17, 15) is 9.59 Å². The highest BCUT2D eigenvalue weighted by Crippen LogP contribution is 2.23. The Morgan fingerprint density at radius 2 is 1.54 bits per heavy atom. The van der Waals surface area contributed by atoms with Crippen LogP contribution in [0.15, 0.2) is 91.1 Å². The molecule has 6 nitrogen and oxygen atoms in total. The molecule has 4 rings (SSSR count). The van der Waals surface area contributed by atoms with E-state index in [2.05, 4.69) is 22.8 Å². The molecule has 0 saturated carbocycles. The molecular weight excluding hydrogens is 436 g/mol. The Kier molecular flexibility index (Phi) is 7.53. The van der Waals surface area contributed by atoms with Gasteiger partial charge in [0, 0.05) is 29.1 Å². The number of anilines is 1. The number of nitrogens with one attached hydrogen (secondary N) is 2. The molecule has 0 atom stereocenters. The predicted octanol–water partition coefficient (Wildman–Crippen LogP) is 4.98. The summed E-state index contributed by atoms with van der Waals surface area (Å²) >= 11 is 0. The summed E-state index contributed by atoms with van der Waals surface area (Å²) in [5.41, 5.74) is 6.45. The number of amides is 2. The standard InChI is InChI=1S/C29H28N4O2/c1-21-10-9-11-22(2)28(21)31-27(35)18-30-26(34)17-16-25-20-33(19-23-12-5-3-6-13-23)32-29(25)24-14-7-4-8-15-24/h3-17,20H,18-19H2,1-2H3,(H,30,34)(H,31,35)/b17-16+. The lowest BCUT2D eigenvalue weighted by molar-refractivity contribution is -0.121. The van der Waals surface area contributed by atoms with Crippen LogP contribution in [0.3, 0.4) is 0 Å². The number of rotatable bonds is 8. The first-order valence-electron chi connectivity index (χ1n) is 11.5. The highest BCUT2D eigenvalue weighted by Gasteiger charge is 2.11. The minimum atomic E-state index is -0.350. The van der Waals surface area contributed by atoms with Crippen LogP contribution in [-0.2, 0) is 16.1 Å². The number of aryl methyl sites for hydroxylation is 2. The van der Waals surface area contributed by atoms with Gasteiger partial charge in [0.1, 0.15) is 0 Å². The molecule has 2 N–H and O–H groups in total. The van der Waals surface area contributed by atoms with Gasteiger partial charge in [0.2, 0.25) is 11.8 Å². The Bertz CT molecular complexity index is 1320. The van der Waals surface area contributed by atoms with Gasteiger partial charge in [-0.15, -0.1) is 0 Å². The number of hydrogen-bond acceptors (Lipinski definition) is 3. The van der Waals surface area contributed by atoms with Gasteiger partial charge in [0.25, 0.3) is 0 Å². The molecule has 1 aromatic heterocycles. The number of hydrogen-bond donors (Lipinski definition) is 2. The Labute approximate surface area is 205 Å². The van der Waals surface area contributed by atoms with Gasteiger partial charge in [-0.05, 0) is 36.6 Å². The number of benzene rings is 3. The molecule has 3 aromatic carbocycles. The Balaban J connectivity index is 1.44. The minimum absolute atomic E-state index is 0.115. The largest absolute Gasteiger partial charge is 0.343 e. The number of carbonyl (C=O) groups is 2. The van der Waals surface area contributed by atoms with E-state index < -0.39 is 0 Å². The van der Waals surface area contributed by atoms with Gasteiger partial charge in [0.15, 0.2) is 0 Å². The maximum Gasteiger partial charge on any atom is 0.244 e. The van der Waals surface area contributed by atoms with Crippen molar-refractivity contribution in [2.24, 2.45) is 0 Å². The number of para-hydroxylation sites is 1. The van der Waals surface area contributed by atoms with E-state index in [-0.39, 0.29) is 18.4 Å². The zero-order chi connectivity index (χ0) is 24.6. The molecule has 0 fully saturated rings.